The first kappa shape index (κ1) is 14.1. The molecule has 1 unspecified atom stereocenters. The fourth-order valence-electron chi connectivity index (χ4n) is 1.69. The van der Waals surface area contributed by atoms with Crippen LogP contribution in [0.25, 0.3) is 0 Å². The van der Waals surface area contributed by atoms with Crippen LogP contribution in [-0.4, -0.2) is 43.3 Å². The van der Waals surface area contributed by atoms with Crippen LogP contribution in [0.15, 0.2) is 24.3 Å². The lowest BCUT2D eigenvalue weighted by atomic mass is 10.1. The molecule has 3 nitrogen and oxygen atoms in total. The van der Waals surface area contributed by atoms with Gasteiger partial charge in [0, 0.05) is 19.1 Å². The van der Waals surface area contributed by atoms with E-state index in [1.54, 1.807) is 6.07 Å². The first-order chi connectivity index (χ1) is 7.99. The molecule has 0 fully saturated rings. The summed E-state index contributed by atoms with van der Waals surface area (Å²) < 4.78 is 13.0. The molecule has 2 N–H and O–H groups in total. The summed E-state index contributed by atoms with van der Waals surface area (Å²) in [5.41, 5.74) is 0.891. The number of nitrogens with one attached hydrogen (secondary N) is 1. The zero-order chi connectivity index (χ0) is 12.8. The SMILES string of the molecule is C[C@H](NCC(O)CN(C)C)c1cccc(F)c1. The molecular weight excluding hydrogens is 219 g/mol. The predicted octanol–water partition coefficient (Wildman–Crippen LogP) is 1.40. The van der Waals surface area contributed by atoms with Crippen molar-refractivity contribution in [1.29, 1.82) is 0 Å². The van der Waals surface area contributed by atoms with Crippen LogP contribution in [0.5, 0.6) is 0 Å². The van der Waals surface area contributed by atoms with Crippen molar-refractivity contribution in [2.24, 2.45) is 0 Å². The van der Waals surface area contributed by atoms with Crippen LogP contribution in [0.1, 0.15) is 18.5 Å². The molecule has 4 heteroatoms. The van der Waals surface area contributed by atoms with E-state index in [0.29, 0.717) is 13.1 Å². The number of halogens is 1. The Hall–Kier alpha value is -0.970. The van der Waals surface area contributed by atoms with Gasteiger partial charge >= 0.3 is 0 Å². The fraction of sp³-hybridized carbons (Fsp3) is 0.538. The van der Waals surface area contributed by atoms with E-state index in [1.807, 2.05) is 32.0 Å². The van der Waals surface area contributed by atoms with Crippen molar-refractivity contribution in [1.82, 2.24) is 10.2 Å². The lowest BCUT2D eigenvalue weighted by Crippen LogP contribution is -2.36. The highest BCUT2D eigenvalue weighted by Crippen LogP contribution is 2.13. The third-order valence-electron chi connectivity index (χ3n) is 2.58. The van der Waals surface area contributed by atoms with Crippen LogP contribution in [0, 0.1) is 5.82 Å². The van der Waals surface area contributed by atoms with Crippen molar-refractivity contribution in [3.05, 3.63) is 35.6 Å². The van der Waals surface area contributed by atoms with E-state index in [4.69, 9.17) is 0 Å². The quantitative estimate of drug-likeness (QED) is 0.789. The van der Waals surface area contributed by atoms with Gasteiger partial charge in [-0.3, -0.25) is 0 Å². The highest BCUT2D eigenvalue weighted by Gasteiger charge is 2.09. The molecule has 0 heterocycles. The number of aliphatic hydroxyl groups is 1. The Balaban J connectivity index is 2.42. The molecule has 0 aliphatic rings. The summed E-state index contributed by atoms with van der Waals surface area (Å²) in [7, 11) is 3.83. The Morgan fingerprint density at radius 2 is 2.12 bits per heavy atom. The lowest BCUT2D eigenvalue weighted by Gasteiger charge is -2.20. The van der Waals surface area contributed by atoms with E-state index >= 15 is 0 Å². The van der Waals surface area contributed by atoms with Gasteiger partial charge in [0.1, 0.15) is 5.82 Å². The summed E-state index contributed by atoms with van der Waals surface area (Å²) in [5.74, 6) is -0.231. The van der Waals surface area contributed by atoms with Gasteiger partial charge in [-0.25, -0.2) is 4.39 Å². The zero-order valence-corrected chi connectivity index (χ0v) is 10.7. The summed E-state index contributed by atoms with van der Waals surface area (Å²) in [5, 5.41) is 12.9. The maximum atomic E-state index is 13.0. The molecule has 2 atom stereocenters. The number of hydrogen-bond donors (Lipinski definition) is 2. The van der Waals surface area contributed by atoms with Gasteiger partial charge in [-0.2, -0.15) is 0 Å². The van der Waals surface area contributed by atoms with Crippen molar-refractivity contribution in [2.75, 3.05) is 27.2 Å². The summed E-state index contributed by atoms with van der Waals surface area (Å²) in [6.07, 6.45) is -0.416. The summed E-state index contributed by atoms with van der Waals surface area (Å²) in [4.78, 5) is 1.93. The molecule has 0 saturated carbocycles. The second-order valence-corrected chi connectivity index (χ2v) is 4.60. The first-order valence-electron chi connectivity index (χ1n) is 5.80. The Labute approximate surface area is 102 Å². The minimum Gasteiger partial charge on any atom is -0.390 e. The summed E-state index contributed by atoms with van der Waals surface area (Å²) in [6.45, 7) is 3.07. The summed E-state index contributed by atoms with van der Waals surface area (Å²) in [6, 6.07) is 6.54. The Kier molecular flexibility index (Phi) is 5.55. The minimum atomic E-state index is -0.416. The molecule has 0 saturated heterocycles. The third-order valence-corrected chi connectivity index (χ3v) is 2.58. The topological polar surface area (TPSA) is 35.5 Å². The van der Waals surface area contributed by atoms with Gasteiger partial charge in [-0.05, 0) is 38.7 Å². The fourth-order valence-corrected chi connectivity index (χ4v) is 1.69. The van der Waals surface area contributed by atoms with Crippen molar-refractivity contribution in [3.63, 3.8) is 0 Å². The highest BCUT2D eigenvalue weighted by atomic mass is 19.1. The highest BCUT2D eigenvalue weighted by molar-refractivity contribution is 5.19. The van der Waals surface area contributed by atoms with Crippen molar-refractivity contribution < 1.29 is 9.50 Å². The van der Waals surface area contributed by atoms with Gasteiger partial charge in [0.2, 0.25) is 0 Å². The largest absolute Gasteiger partial charge is 0.390 e. The van der Waals surface area contributed by atoms with Crippen LogP contribution >= 0.6 is 0 Å². The molecule has 0 radical (unpaired) electrons. The van der Waals surface area contributed by atoms with Crippen molar-refractivity contribution in [3.8, 4) is 0 Å². The van der Waals surface area contributed by atoms with Crippen LogP contribution < -0.4 is 5.32 Å². The maximum absolute atomic E-state index is 13.0. The van der Waals surface area contributed by atoms with Gasteiger partial charge in [0.05, 0.1) is 6.10 Å². The molecule has 0 bridgehead atoms. The first-order valence-corrected chi connectivity index (χ1v) is 5.80. The molecule has 0 aromatic heterocycles. The van der Waals surface area contributed by atoms with E-state index in [1.165, 1.54) is 12.1 Å². The van der Waals surface area contributed by atoms with Gasteiger partial charge in [-0.15, -0.1) is 0 Å². The standard InChI is InChI=1S/C13H21FN2O/c1-10(11-5-4-6-12(14)7-11)15-8-13(17)9-16(2)3/h4-7,10,13,15,17H,8-9H2,1-3H3/t10-,13?/m0/s1. The van der Waals surface area contributed by atoms with E-state index < -0.39 is 6.10 Å². The van der Waals surface area contributed by atoms with Crippen molar-refractivity contribution >= 4 is 0 Å². The normalized spacial score (nSPS) is 14.9. The smallest absolute Gasteiger partial charge is 0.123 e. The molecule has 0 spiro atoms. The Morgan fingerprint density at radius 1 is 1.41 bits per heavy atom. The molecule has 1 rings (SSSR count). The number of nitrogens with zero attached hydrogens (tertiary/aromatic N) is 1. The maximum Gasteiger partial charge on any atom is 0.123 e. The van der Waals surface area contributed by atoms with E-state index in [9.17, 15) is 9.50 Å². The predicted molar refractivity (Wildman–Crippen MR) is 67.4 cm³/mol. The number of benzene rings is 1. The molecule has 17 heavy (non-hydrogen) atoms. The van der Waals surface area contributed by atoms with Crippen LogP contribution in [-0.2, 0) is 0 Å². The molecule has 0 aliphatic carbocycles. The average Bonchev–Trinajstić information content (AvgIpc) is 2.25. The van der Waals surface area contributed by atoms with Crippen molar-refractivity contribution in [2.45, 2.75) is 19.1 Å². The Bertz CT molecular complexity index is 344. The molecular formula is C13H21FN2O. The number of hydrogen-bond acceptors (Lipinski definition) is 3. The minimum absolute atomic E-state index is 0.0301. The third kappa shape index (κ3) is 5.26. The average molecular weight is 240 g/mol. The van der Waals surface area contributed by atoms with Gasteiger partial charge < -0.3 is 15.3 Å². The number of likely N-dealkylation sites (N-methyl/N-ethyl adjacent to an activating group) is 1. The van der Waals surface area contributed by atoms with Crippen LogP contribution in [0.4, 0.5) is 4.39 Å². The monoisotopic (exact) mass is 240 g/mol. The molecule has 1 aromatic carbocycles. The van der Waals surface area contributed by atoms with E-state index in [0.717, 1.165) is 5.56 Å². The number of aliphatic hydroxyl groups excluding tert-OH is 1. The van der Waals surface area contributed by atoms with Crippen LogP contribution in [0.2, 0.25) is 0 Å². The Morgan fingerprint density at radius 3 is 2.71 bits per heavy atom. The van der Waals surface area contributed by atoms with E-state index in [-0.39, 0.29) is 11.9 Å². The second-order valence-electron chi connectivity index (χ2n) is 4.60. The molecule has 0 aliphatic heterocycles. The zero-order valence-electron chi connectivity index (χ0n) is 10.7. The summed E-state index contributed by atoms with van der Waals surface area (Å²) >= 11 is 0. The molecule has 0 amide bonds. The van der Waals surface area contributed by atoms with Gasteiger partial charge in [0.25, 0.3) is 0 Å². The number of rotatable bonds is 6. The van der Waals surface area contributed by atoms with Gasteiger partial charge in [-0.1, -0.05) is 12.1 Å². The lowest BCUT2D eigenvalue weighted by molar-refractivity contribution is 0.132. The second kappa shape index (κ2) is 6.69. The molecule has 1 aromatic rings. The molecule has 96 valence electrons. The van der Waals surface area contributed by atoms with Crippen LogP contribution in [0.3, 0.4) is 0 Å². The van der Waals surface area contributed by atoms with Gasteiger partial charge in [0.15, 0.2) is 0 Å². The van der Waals surface area contributed by atoms with E-state index in [2.05, 4.69) is 5.32 Å².